The van der Waals surface area contributed by atoms with Gasteiger partial charge in [-0.15, -0.1) is 0 Å². The predicted molar refractivity (Wildman–Crippen MR) is 125 cm³/mol. The van der Waals surface area contributed by atoms with Crippen molar-refractivity contribution < 1.29 is 9.47 Å². The number of hydrogen-bond donors (Lipinski definition) is 0. The van der Waals surface area contributed by atoms with E-state index in [4.69, 9.17) is 9.47 Å². The highest BCUT2D eigenvalue weighted by Crippen LogP contribution is 2.35. The molecule has 0 bridgehead atoms. The third-order valence-corrected chi connectivity index (χ3v) is 6.73. The van der Waals surface area contributed by atoms with Gasteiger partial charge in [0.25, 0.3) is 0 Å². The van der Waals surface area contributed by atoms with Gasteiger partial charge in [0.1, 0.15) is 0 Å². The van der Waals surface area contributed by atoms with E-state index < -0.39 is 0 Å². The first-order valence-corrected chi connectivity index (χ1v) is 11.6. The van der Waals surface area contributed by atoms with Crippen molar-refractivity contribution in [2.75, 3.05) is 26.4 Å². The molecule has 0 spiro atoms. The first kappa shape index (κ1) is 20.1. The summed E-state index contributed by atoms with van der Waals surface area (Å²) in [6, 6.07) is 28.4. The molecular formula is C28H31NO2. The number of fused-ring (bicyclic) bond motifs is 1. The van der Waals surface area contributed by atoms with E-state index in [0.717, 1.165) is 30.4 Å². The summed E-state index contributed by atoms with van der Waals surface area (Å²) < 4.78 is 11.0. The summed E-state index contributed by atoms with van der Waals surface area (Å²) in [6.07, 6.45) is 4.90. The minimum Gasteiger partial charge on any atom is -0.454 e. The molecule has 0 N–H and O–H groups in total. The molecule has 31 heavy (non-hydrogen) atoms. The lowest BCUT2D eigenvalue weighted by Gasteiger charge is -2.35. The van der Waals surface area contributed by atoms with Gasteiger partial charge >= 0.3 is 0 Å². The molecule has 2 aliphatic rings. The second-order valence-electron chi connectivity index (χ2n) is 8.86. The summed E-state index contributed by atoms with van der Waals surface area (Å²) in [6.45, 7) is 3.86. The van der Waals surface area contributed by atoms with Crippen molar-refractivity contribution in [2.45, 2.75) is 31.6 Å². The van der Waals surface area contributed by atoms with Gasteiger partial charge in [0.15, 0.2) is 11.5 Å². The third kappa shape index (κ3) is 4.94. The highest BCUT2D eigenvalue weighted by molar-refractivity contribution is 5.44. The van der Waals surface area contributed by atoms with Gasteiger partial charge in [-0.3, -0.25) is 0 Å². The van der Waals surface area contributed by atoms with Crippen LogP contribution in [-0.4, -0.2) is 31.3 Å². The van der Waals surface area contributed by atoms with E-state index in [1.807, 2.05) is 6.07 Å². The van der Waals surface area contributed by atoms with E-state index in [0.29, 0.717) is 12.7 Å². The van der Waals surface area contributed by atoms with Crippen molar-refractivity contribution in [3.05, 3.63) is 95.6 Å². The van der Waals surface area contributed by atoms with Crippen LogP contribution in [0.15, 0.2) is 78.9 Å². The van der Waals surface area contributed by atoms with E-state index in [1.54, 1.807) is 0 Å². The van der Waals surface area contributed by atoms with Gasteiger partial charge < -0.3 is 14.4 Å². The maximum Gasteiger partial charge on any atom is 0.231 e. The van der Waals surface area contributed by atoms with E-state index in [9.17, 15) is 0 Å². The molecule has 0 amide bonds. The lowest BCUT2D eigenvalue weighted by molar-refractivity contribution is 0.167. The van der Waals surface area contributed by atoms with Crippen molar-refractivity contribution in [1.82, 2.24) is 4.90 Å². The van der Waals surface area contributed by atoms with Crippen LogP contribution >= 0.6 is 0 Å². The van der Waals surface area contributed by atoms with E-state index >= 15 is 0 Å². The van der Waals surface area contributed by atoms with Gasteiger partial charge in [-0.1, -0.05) is 66.7 Å². The monoisotopic (exact) mass is 413 g/mol. The number of likely N-dealkylation sites (tertiary alicyclic amines) is 1. The van der Waals surface area contributed by atoms with Crippen LogP contribution in [0.25, 0.3) is 0 Å². The SMILES string of the molecule is c1ccc(C(CC2CCCN(CCc3ccc4c(c3)OCO4)C2)c2ccccc2)cc1. The van der Waals surface area contributed by atoms with Crippen molar-refractivity contribution in [1.29, 1.82) is 0 Å². The Hall–Kier alpha value is -2.78. The number of rotatable bonds is 7. The zero-order valence-corrected chi connectivity index (χ0v) is 18.1. The molecule has 1 fully saturated rings. The van der Waals surface area contributed by atoms with Crippen molar-refractivity contribution in [3.8, 4) is 11.5 Å². The molecule has 0 radical (unpaired) electrons. The Morgan fingerprint density at radius 1 is 0.839 bits per heavy atom. The highest BCUT2D eigenvalue weighted by Gasteiger charge is 2.25. The standard InChI is InChI=1S/C28H31NO2/c1-3-9-24(10-4-1)26(25-11-5-2-6-12-25)18-23-8-7-16-29(20-23)17-15-22-13-14-27-28(19-22)31-21-30-27/h1-6,9-14,19,23,26H,7-8,15-18,20-21H2. The summed E-state index contributed by atoms with van der Waals surface area (Å²) in [5.41, 5.74) is 4.20. The minimum absolute atomic E-state index is 0.344. The molecule has 3 aromatic carbocycles. The van der Waals surface area contributed by atoms with E-state index in [1.165, 1.54) is 49.0 Å². The van der Waals surface area contributed by atoms with Crippen LogP contribution in [0.2, 0.25) is 0 Å². The molecule has 0 aliphatic carbocycles. The number of hydrogen-bond acceptors (Lipinski definition) is 3. The topological polar surface area (TPSA) is 21.7 Å². The molecular weight excluding hydrogens is 382 g/mol. The van der Waals surface area contributed by atoms with Crippen molar-refractivity contribution in [2.24, 2.45) is 5.92 Å². The fourth-order valence-electron chi connectivity index (χ4n) is 5.10. The second kappa shape index (κ2) is 9.57. The van der Waals surface area contributed by atoms with Gasteiger partial charge in [0.05, 0.1) is 0 Å². The second-order valence-corrected chi connectivity index (χ2v) is 8.86. The Kier molecular flexibility index (Phi) is 6.22. The smallest absolute Gasteiger partial charge is 0.231 e. The Morgan fingerprint density at radius 2 is 1.55 bits per heavy atom. The minimum atomic E-state index is 0.344. The molecule has 5 rings (SSSR count). The maximum atomic E-state index is 5.54. The highest BCUT2D eigenvalue weighted by atomic mass is 16.7. The molecule has 1 unspecified atom stereocenters. The van der Waals surface area contributed by atoms with Crippen molar-refractivity contribution in [3.63, 3.8) is 0 Å². The fourth-order valence-corrected chi connectivity index (χ4v) is 5.10. The summed E-state index contributed by atoms with van der Waals surface area (Å²) in [5.74, 6) is 2.97. The Bertz CT molecular complexity index is 933. The largest absolute Gasteiger partial charge is 0.454 e. The molecule has 1 atom stereocenters. The van der Waals surface area contributed by atoms with Gasteiger partial charge in [-0.2, -0.15) is 0 Å². The molecule has 3 aromatic rings. The van der Waals surface area contributed by atoms with E-state index in [-0.39, 0.29) is 0 Å². The van der Waals surface area contributed by atoms with Crippen LogP contribution in [0.1, 0.15) is 41.9 Å². The van der Waals surface area contributed by atoms with Crippen molar-refractivity contribution >= 4 is 0 Å². The average Bonchev–Trinajstić information content (AvgIpc) is 3.31. The molecule has 2 aliphatic heterocycles. The third-order valence-electron chi connectivity index (χ3n) is 6.73. The van der Waals surface area contributed by atoms with Crippen LogP contribution in [-0.2, 0) is 6.42 Å². The first-order chi connectivity index (χ1) is 15.3. The Balaban J connectivity index is 1.23. The van der Waals surface area contributed by atoms with Crippen LogP contribution in [0.3, 0.4) is 0 Å². The summed E-state index contributed by atoms with van der Waals surface area (Å²) in [5, 5.41) is 0. The number of nitrogens with zero attached hydrogens (tertiary/aromatic N) is 1. The van der Waals surface area contributed by atoms with Gasteiger partial charge in [0.2, 0.25) is 6.79 Å². The lowest BCUT2D eigenvalue weighted by Crippen LogP contribution is -2.37. The van der Waals surface area contributed by atoms with Crippen LogP contribution in [0.4, 0.5) is 0 Å². The number of benzene rings is 3. The van der Waals surface area contributed by atoms with Gasteiger partial charge in [0, 0.05) is 19.0 Å². The molecule has 2 heterocycles. The Labute approximate surface area is 185 Å². The molecule has 0 aromatic heterocycles. The normalized spacial score (nSPS) is 18.4. The van der Waals surface area contributed by atoms with Gasteiger partial charge in [-0.05, 0) is 67.0 Å². The summed E-state index contributed by atoms with van der Waals surface area (Å²) in [4.78, 5) is 2.66. The van der Waals surface area contributed by atoms with E-state index in [2.05, 4.69) is 77.7 Å². The maximum absolute atomic E-state index is 5.54. The first-order valence-electron chi connectivity index (χ1n) is 11.6. The van der Waals surface area contributed by atoms with Crippen LogP contribution in [0.5, 0.6) is 11.5 Å². The van der Waals surface area contributed by atoms with Crippen LogP contribution < -0.4 is 9.47 Å². The predicted octanol–water partition coefficient (Wildman–Crippen LogP) is 5.89. The molecule has 3 heteroatoms. The fraction of sp³-hybridized carbons (Fsp3) is 0.357. The van der Waals surface area contributed by atoms with Crippen LogP contribution in [0, 0.1) is 5.92 Å². The Morgan fingerprint density at radius 3 is 2.29 bits per heavy atom. The molecule has 0 saturated carbocycles. The number of ether oxygens (including phenoxy) is 2. The summed E-state index contributed by atoms with van der Waals surface area (Å²) in [7, 11) is 0. The molecule has 160 valence electrons. The quantitative estimate of drug-likeness (QED) is 0.482. The molecule has 1 saturated heterocycles. The molecule has 3 nitrogen and oxygen atoms in total. The zero-order chi connectivity index (χ0) is 20.9. The van der Waals surface area contributed by atoms with Gasteiger partial charge in [-0.25, -0.2) is 0 Å². The number of piperidine rings is 1. The zero-order valence-electron chi connectivity index (χ0n) is 18.1. The lowest BCUT2D eigenvalue weighted by atomic mass is 9.81. The summed E-state index contributed by atoms with van der Waals surface area (Å²) >= 11 is 0. The average molecular weight is 414 g/mol.